The zero-order chi connectivity index (χ0) is 10.4. The minimum absolute atomic E-state index is 1.08. The van der Waals surface area contributed by atoms with E-state index in [0.29, 0.717) is 0 Å². The highest BCUT2D eigenvalue weighted by atomic mass is 32.2. The number of rotatable bonds is 3. The number of hydrogen-bond acceptors (Lipinski definition) is 1. The summed E-state index contributed by atoms with van der Waals surface area (Å²) in [6.45, 7) is 6.13. The van der Waals surface area contributed by atoms with Crippen molar-refractivity contribution in [2.45, 2.75) is 6.92 Å². The smallest absolute Gasteiger partial charge is 0.0140 e. The predicted molar refractivity (Wildman–Crippen MR) is 67.8 cm³/mol. The molecule has 0 aromatic heterocycles. The summed E-state index contributed by atoms with van der Waals surface area (Å²) >= 11 is 1.85. The lowest BCUT2D eigenvalue weighted by atomic mass is 10.2. The zero-order valence-corrected chi connectivity index (χ0v) is 9.60. The molecule has 0 radical (unpaired) electrons. The van der Waals surface area contributed by atoms with Crippen molar-refractivity contribution in [1.29, 1.82) is 0 Å². The highest BCUT2D eigenvalue weighted by Crippen LogP contribution is 2.01. The molecule has 0 aliphatic heterocycles. The molecule has 0 fully saturated rings. The third kappa shape index (κ3) is 3.43. The van der Waals surface area contributed by atoms with E-state index in [1.165, 1.54) is 10.8 Å². The second-order valence-electron chi connectivity index (χ2n) is 3.31. The molecule has 14 heavy (non-hydrogen) atoms. The molecule has 0 N–H and O–H groups in total. The highest BCUT2D eigenvalue weighted by molar-refractivity contribution is 7.98. The standard InChI is InChI=1S/C13H16S/c1-11(10-14-3)8-9-13-7-5-4-6-12(13)2/h4-9H,2,10H2,1,3H3/b11-8+,13-9-. The van der Waals surface area contributed by atoms with Gasteiger partial charge in [0.15, 0.2) is 0 Å². The van der Waals surface area contributed by atoms with Crippen LogP contribution < -0.4 is 10.4 Å². The lowest BCUT2D eigenvalue weighted by Gasteiger charge is -1.93. The van der Waals surface area contributed by atoms with Crippen LogP contribution in [0.3, 0.4) is 0 Å². The zero-order valence-electron chi connectivity index (χ0n) is 8.79. The van der Waals surface area contributed by atoms with Gasteiger partial charge in [0.1, 0.15) is 0 Å². The van der Waals surface area contributed by atoms with Crippen LogP contribution in [0, 0.1) is 0 Å². The summed E-state index contributed by atoms with van der Waals surface area (Å²) in [5.74, 6) is 1.09. The van der Waals surface area contributed by atoms with E-state index < -0.39 is 0 Å². The number of hydrogen-bond donors (Lipinski definition) is 0. The SMILES string of the molecule is C=c1cccc/c1=C/C=C(\C)CSC. The van der Waals surface area contributed by atoms with E-state index in [9.17, 15) is 0 Å². The molecule has 0 saturated heterocycles. The van der Waals surface area contributed by atoms with E-state index in [-0.39, 0.29) is 0 Å². The molecule has 0 nitrogen and oxygen atoms in total. The van der Waals surface area contributed by atoms with E-state index >= 15 is 0 Å². The Hall–Kier alpha value is -0.950. The first-order valence-electron chi connectivity index (χ1n) is 4.64. The summed E-state index contributed by atoms with van der Waals surface area (Å²) in [6, 6.07) is 8.17. The largest absolute Gasteiger partial charge is 0.161 e. The van der Waals surface area contributed by atoms with Crippen LogP contribution in [0.25, 0.3) is 12.7 Å². The predicted octanol–water partition coefficient (Wildman–Crippen LogP) is 2.19. The molecule has 0 spiro atoms. The topological polar surface area (TPSA) is 0 Å². The van der Waals surface area contributed by atoms with Gasteiger partial charge in [0, 0.05) is 5.75 Å². The molecule has 74 valence electrons. The van der Waals surface area contributed by atoms with Crippen LogP contribution in [0.4, 0.5) is 0 Å². The Morgan fingerprint density at radius 3 is 2.79 bits per heavy atom. The summed E-state index contributed by atoms with van der Waals surface area (Å²) < 4.78 is 0. The van der Waals surface area contributed by atoms with Crippen molar-refractivity contribution < 1.29 is 0 Å². The molecule has 0 heterocycles. The maximum atomic E-state index is 3.98. The van der Waals surface area contributed by atoms with Gasteiger partial charge >= 0.3 is 0 Å². The fourth-order valence-corrected chi connectivity index (χ4v) is 1.76. The number of benzene rings is 1. The summed E-state index contributed by atoms with van der Waals surface area (Å²) in [4.78, 5) is 0. The van der Waals surface area contributed by atoms with E-state index in [1.54, 1.807) is 0 Å². The molecular weight excluding hydrogens is 188 g/mol. The van der Waals surface area contributed by atoms with Gasteiger partial charge < -0.3 is 0 Å². The average molecular weight is 204 g/mol. The molecule has 0 unspecified atom stereocenters. The summed E-state index contributed by atoms with van der Waals surface area (Å²) in [5.41, 5.74) is 1.39. The Morgan fingerprint density at radius 2 is 2.14 bits per heavy atom. The van der Waals surface area contributed by atoms with Gasteiger partial charge in [-0.1, -0.05) is 48.6 Å². The third-order valence-corrected chi connectivity index (χ3v) is 2.72. The Kier molecular flexibility index (Phi) is 4.54. The Bertz CT molecular complexity index is 415. The first-order chi connectivity index (χ1) is 6.74. The molecule has 0 saturated carbocycles. The van der Waals surface area contributed by atoms with Crippen LogP contribution in [0.15, 0.2) is 35.9 Å². The van der Waals surface area contributed by atoms with Crippen molar-refractivity contribution in [2.24, 2.45) is 0 Å². The fraction of sp³-hybridized carbons (Fsp3) is 0.231. The summed E-state index contributed by atoms with van der Waals surface area (Å²) in [6.07, 6.45) is 6.42. The molecule has 0 amide bonds. The van der Waals surface area contributed by atoms with Crippen molar-refractivity contribution in [1.82, 2.24) is 0 Å². The van der Waals surface area contributed by atoms with Crippen molar-refractivity contribution in [3.05, 3.63) is 46.4 Å². The molecule has 0 aliphatic carbocycles. The second-order valence-corrected chi connectivity index (χ2v) is 4.18. The van der Waals surface area contributed by atoms with Gasteiger partial charge in [0.25, 0.3) is 0 Å². The first-order valence-corrected chi connectivity index (χ1v) is 6.04. The molecule has 1 aromatic rings. The van der Waals surface area contributed by atoms with E-state index in [0.717, 1.165) is 11.0 Å². The van der Waals surface area contributed by atoms with Crippen molar-refractivity contribution in [3.63, 3.8) is 0 Å². The molecule has 1 rings (SSSR count). The van der Waals surface area contributed by atoms with Crippen molar-refractivity contribution in [3.8, 4) is 0 Å². The van der Waals surface area contributed by atoms with Gasteiger partial charge in [-0.15, -0.1) is 0 Å². The molecule has 0 atom stereocenters. The first kappa shape index (κ1) is 11.1. The van der Waals surface area contributed by atoms with Crippen molar-refractivity contribution in [2.75, 3.05) is 12.0 Å². The van der Waals surface area contributed by atoms with Gasteiger partial charge in [-0.05, 0) is 23.6 Å². The van der Waals surface area contributed by atoms with Crippen LogP contribution >= 0.6 is 11.8 Å². The Balaban J connectivity index is 2.95. The molecular formula is C13H16S. The average Bonchev–Trinajstić information content (AvgIpc) is 2.17. The highest BCUT2D eigenvalue weighted by Gasteiger charge is 1.84. The normalized spacial score (nSPS) is 13.3. The molecule has 0 bridgehead atoms. The Labute approximate surface area is 90.0 Å². The molecule has 1 heteroatoms. The van der Waals surface area contributed by atoms with Gasteiger partial charge in [-0.2, -0.15) is 11.8 Å². The maximum Gasteiger partial charge on any atom is 0.0140 e. The van der Waals surface area contributed by atoms with E-state index in [2.05, 4.69) is 38.0 Å². The second kappa shape index (κ2) is 5.71. The van der Waals surface area contributed by atoms with Gasteiger partial charge in [0.2, 0.25) is 0 Å². The van der Waals surface area contributed by atoms with Crippen LogP contribution in [0.2, 0.25) is 0 Å². The summed E-state index contributed by atoms with van der Waals surface area (Å²) in [5, 5.41) is 2.29. The third-order valence-electron chi connectivity index (χ3n) is 1.97. The quantitative estimate of drug-likeness (QED) is 0.727. The number of allylic oxidation sites excluding steroid dienone is 1. The monoisotopic (exact) mass is 204 g/mol. The van der Waals surface area contributed by atoms with E-state index in [1.807, 2.05) is 30.0 Å². The summed E-state index contributed by atoms with van der Waals surface area (Å²) in [7, 11) is 0. The molecule has 1 aromatic carbocycles. The minimum Gasteiger partial charge on any atom is -0.161 e. The van der Waals surface area contributed by atoms with Crippen LogP contribution in [-0.4, -0.2) is 12.0 Å². The van der Waals surface area contributed by atoms with E-state index in [4.69, 9.17) is 0 Å². The van der Waals surface area contributed by atoms with Crippen molar-refractivity contribution >= 4 is 24.4 Å². The minimum atomic E-state index is 1.08. The fourth-order valence-electron chi connectivity index (χ4n) is 1.20. The maximum absolute atomic E-state index is 3.98. The lowest BCUT2D eigenvalue weighted by Crippen LogP contribution is -2.21. The Morgan fingerprint density at radius 1 is 1.43 bits per heavy atom. The van der Waals surface area contributed by atoms with Gasteiger partial charge in [-0.3, -0.25) is 0 Å². The molecule has 0 aliphatic rings. The van der Waals surface area contributed by atoms with Crippen LogP contribution in [0.1, 0.15) is 6.92 Å². The lowest BCUT2D eigenvalue weighted by molar-refractivity contribution is 1.42. The van der Waals surface area contributed by atoms with Crippen LogP contribution in [-0.2, 0) is 0 Å². The van der Waals surface area contributed by atoms with Gasteiger partial charge in [-0.25, -0.2) is 0 Å². The number of thioether (sulfide) groups is 1. The van der Waals surface area contributed by atoms with Crippen LogP contribution in [0.5, 0.6) is 0 Å². The van der Waals surface area contributed by atoms with Gasteiger partial charge in [0.05, 0.1) is 0 Å².